The van der Waals surface area contributed by atoms with Gasteiger partial charge in [-0.1, -0.05) is 18.2 Å². The molecule has 1 aromatic rings. The minimum absolute atomic E-state index is 0.308. The zero-order valence-electron chi connectivity index (χ0n) is 14.3. The average Bonchev–Trinajstić information content (AvgIpc) is 2.93. The quantitative estimate of drug-likeness (QED) is 0.802. The zero-order chi connectivity index (χ0) is 18.3. The number of imide groups is 2. The second-order valence-corrected chi connectivity index (χ2v) is 6.34. The van der Waals surface area contributed by atoms with E-state index in [0.717, 1.165) is 16.7 Å². The van der Waals surface area contributed by atoms with Crippen molar-refractivity contribution >= 4 is 23.6 Å². The van der Waals surface area contributed by atoms with Gasteiger partial charge in [-0.05, 0) is 37.5 Å². The third-order valence-electron chi connectivity index (χ3n) is 4.82. The van der Waals surface area contributed by atoms with Crippen molar-refractivity contribution in [3.8, 4) is 0 Å². The Hall–Kier alpha value is -3.02. The van der Waals surface area contributed by atoms with Crippen LogP contribution in [0.4, 0.5) is 0 Å². The van der Waals surface area contributed by atoms with Gasteiger partial charge < -0.3 is 0 Å². The molecule has 0 spiro atoms. The number of hydrogen-bond donors (Lipinski definition) is 2. The molecule has 3 rings (SSSR count). The van der Waals surface area contributed by atoms with Gasteiger partial charge in [0.2, 0.25) is 0 Å². The minimum atomic E-state index is -0.376. The standard InChI is InChI=1S/C19H18N2O4/c1-9-5-4-6-12(7-14-10(2)16(22)20-18(14)24)13(9)8-15-11(3)17(23)21-19(15)25/h4-6H,7-8H2,1-3H3,(H,20,22,24)(H,21,23,25). The maximum atomic E-state index is 12.0. The fraction of sp³-hybridized carbons (Fsp3) is 0.263. The Morgan fingerprint density at radius 1 is 0.720 bits per heavy atom. The van der Waals surface area contributed by atoms with Crippen LogP contribution in [0.5, 0.6) is 0 Å². The summed E-state index contributed by atoms with van der Waals surface area (Å²) in [6, 6.07) is 5.67. The summed E-state index contributed by atoms with van der Waals surface area (Å²) in [6.07, 6.45) is 0.621. The van der Waals surface area contributed by atoms with Crippen molar-refractivity contribution in [2.24, 2.45) is 0 Å². The van der Waals surface area contributed by atoms with Crippen molar-refractivity contribution in [3.05, 3.63) is 57.2 Å². The molecule has 0 bridgehead atoms. The van der Waals surface area contributed by atoms with Crippen LogP contribution in [-0.2, 0) is 32.0 Å². The average molecular weight is 338 g/mol. The van der Waals surface area contributed by atoms with Crippen LogP contribution in [0.3, 0.4) is 0 Å². The van der Waals surface area contributed by atoms with Crippen LogP contribution >= 0.6 is 0 Å². The number of carbonyl (C=O) groups excluding carboxylic acids is 4. The Bertz CT molecular complexity index is 906. The Morgan fingerprint density at radius 3 is 1.72 bits per heavy atom. The number of hydrogen-bond acceptors (Lipinski definition) is 4. The molecule has 0 saturated carbocycles. The summed E-state index contributed by atoms with van der Waals surface area (Å²) in [4.78, 5) is 47.3. The largest absolute Gasteiger partial charge is 0.289 e. The van der Waals surface area contributed by atoms with E-state index in [0.29, 0.717) is 35.1 Å². The smallest absolute Gasteiger partial charge is 0.254 e. The van der Waals surface area contributed by atoms with E-state index in [9.17, 15) is 19.2 Å². The summed E-state index contributed by atoms with van der Waals surface area (Å²) in [7, 11) is 0. The van der Waals surface area contributed by atoms with Gasteiger partial charge >= 0.3 is 0 Å². The highest BCUT2D eigenvalue weighted by Crippen LogP contribution is 2.26. The first-order valence-electron chi connectivity index (χ1n) is 7.97. The molecule has 0 radical (unpaired) electrons. The Morgan fingerprint density at radius 2 is 1.24 bits per heavy atom. The lowest BCUT2D eigenvalue weighted by Crippen LogP contribution is -2.23. The highest BCUT2D eigenvalue weighted by Gasteiger charge is 2.30. The number of rotatable bonds is 4. The second-order valence-electron chi connectivity index (χ2n) is 6.34. The van der Waals surface area contributed by atoms with Gasteiger partial charge in [-0.3, -0.25) is 29.8 Å². The van der Waals surface area contributed by atoms with Crippen LogP contribution in [0.2, 0.25) is 0 Å². The molecule has 0 fully saturated rings. The molecule has 25 heavy (non-hydrogen) atoms. The van der Waals surface area contributed by atoms with Gasteiger partial charge in [-0.25, -0.2) is 0 Å². The first kappa shape index (κ1) is 16.8. The van der Waals surface area contributed by atoms with Gasteiger partial charge in [0, 0.05) is 35.1 Å². The number of benzene rings is 1. The number of nitrogens with one attached hydrogen (secondary N) is 2. The van der Waals surface area contributed by atoms with Gasteiger partial charge in [0.15, 0.2) is 0 Å². The fourth-order valence-electron chi connectivity index (χ4n) is 3.13. The molecule has 0 aromatic heterocycles. The van der Waals surface area contributed by atoms with E-state index in [-0.39, 0.29) is 23.6 Å². The summed E-state index contributed by atoms with van der Waals surface area (Å²) in [5, 5.41) is 4.59. The van der Waals surface area contributed by atoms with Crippen molar-refractivity contribution in [3.63, 3.8) is 0 Å². The topological polar surface area (TPSA) is 92.3 Å². The van der Waals surface area contributed by atoms with Crippen LogP contribution in [0.25, 0.3) is 0 Å². The molecule has 2 heterocycles. The summed E-state index contributed by atoms with van der Waals surface area (Å²) < 4.78 is 0. The molecule has 6 nitrogen and oxygen atoms in total. The molecule has 4 amide bonds. The summed E-state index contributed by atoms with van der Waals surface area (Å²) >= 11 is 0. The second kappa shape index (κ2) is 6.12. The van der Waals surface area contributed by atoms with E-state index in [4.69, 9.17) is 0 Å². The van der Waals surface area contributed by atoms with Gasteiger partial charge in [0.05, 0.1) is 0 Å². The van der Waals surface area contributed by atoms with E-state index in [1.165, 1.54) is 0 Å². The van der Waals surface area contributed by atoms with Crippen molar-refractivity contribution < 1.29 is 19.2 Å². The monoisotopic (exact) mass is 338 g/mol. The number of amides is 4. The van der Waals surface area contributed by atoms with Crippen LogP contribution in [-0.4, -0.2) is 23.6 Å². The zero-order valence-corrected chi connectivity index (χ0v) is 14.3. The van der Waals surface area contributed by atoms with Crippen LogP contribution < -0.4 is 10.6 Å². The highest BCUT2D eigenvalue weighted by atomic mass is 16.2. The van der Waals surface area contributed by atoms with E-state index in [1.54, 1.807) is 13.8 Å². The summed E-state index contributed by atoms with van der Waals surface area (Å²) in [5.41, 5.74) is 4.45. The van der Waals surface area contributed by atoms with E-state index < -0.39 is 0 Å². The Balaban J connectivity index is 1.99. The van der Waals surface area contributed by atoms with E-state index in [2.05, 4.69) is 10.6 Å². The molecule has 6 heteroatoms. The lowest BCUT2D eigenvalue weighted by atomic mass is 9.90. The van der Waals surface area contributed by atoms with Gasteiger partial charge in [-0.15, -0.1) is 0 Å². The molecule has 0 saturated heterocycles. The Labute approximate surface area is 145 Å². The first-order chi connectivity index (χ1) is 11.8. The van der Waals surface area contributed by atoms with Crippen molar-refractivity contribution in [1.82, 2.24) is 10.6 Å². The third-order valence-corrected chi connectivity index (χ3v) is 4.82. The van der Waals surface area contributed by atoms with Gasteiger partial charge in [-0.2, -0.15) is 0 Å². The SMILES string of the molecule is CC1=C(Cc2cccc(C)c2CC2=C(C)C(=O)NC2=O)C(=O)NC1=O. The predicted octanol–water partition coefficient (Wildman–Crippen LogP) is 1.03. The molecular formula is C19H18N2O4. The fourth-order valence-corrected chi connectivity index (χ4v) is 3.13. The molecule has 2 aliphatic rings. The number of aryl methyl sites for hydroxylation is 1. The molecule has 2 N–H and O–H groups in total. The minimum Gasteiger partial charge on any atom is -0.289 e. The van der Waals surface area contributed by atoms with E-state index in [1.807, 2.05) is 25.1 Å². The summed E-state index contributed by atoms with van der Waals surface area (Å²) in [5.74, 6) is -1.48. The predicted molar refractivity (Wildman–Crippen MR) is 90.3 cm³/mol. The molecule has 2 aliphatic heterocycles. The van der Waals surface area contributed by atoms with Gasteiger partial charge in [0.25, 0.3) is 23.6 Å². The first-order valence-corrected chi connectivity index (χ1v) is 7.97. The third kappa shape index (κ3) is 2.91. The number of carbonyl (C=O) groups is 4. The normalized spacial score (nSPS) is 17.6. The lowest BCUT2D eigenvalue weighted by Gasteiger charge is -2.13. The molecule has 1 aromatic carbocycles. The van der Waals surface area contributed by atoms with Crippen LogP contribution in [0.15, 0.2) is 40.5 Å². The van der Waals surface area contributed by atoms with Crippen LogP contribution in [0, 0.1) is 6.92 Å². The molecular weight excluding hydrogens is 320 g/mol. The lowest BCUT2D eigenvalue weighted by molar-refractivity contribution is -0.125. The molecule has 0 aliphatic carbocycles. The van der Waals surface area contributed by atoms with Gasteiger partial charge in [0.1, 0.15) is 0 Å². The van der Waals surface area contributed by atoms with Crippen molar-refractivity contribution in [1.29, 1.82) is 0 Å². The molecule has 128 valence electrons. The summed E-state index contributed by atoms with van der Waals surface area (Å²) in [6.45, 7) is 5.18. The highest BCUT2D eigenvalue weighted by molar-refractivity contribution is 6.20. The van der Waals surface area contributed by atoms with Crippen LogP contribution in [0.1, 0.15) is 30.5 Å². The molecule has 0 unspecified atom stereocenters. The maximum Gasteiger partial charge on any atom is 0.254 e. The maximum absolute atomic E-state index is 12.0. The molecule has 0 atom stereocenters. The van der Waals surface area contributed by atoms with Crippen molar-refractivity contribution in [2.45, 2.75) is 33.6 Å². The van der Waals surface area contributed by atoms with E-state index >= 15 is 0 Å². The Kier molecular flexibility index (Phi) is 4.12. The van der Waals surface area contributed by atoms with Crippen molar-refractivity contribution in [2.75, 3.05) is 0 Å².